The van der Waals surface area contributed by atoms with Gasteiger partial charge in [-0.3, -0.25) is 4.79 Å². The minimum atomic E-state index is -0.430. The maximum absolute atomic E-state index is 13.2. The molecule has 1 amide bonds. The fraction of sp³-hybridized carbons (Fsp3) is 0.360. The number of rotatable bonds is 7. The van der Waals surface area contributed by atoms with Crippen molar-refractivity contribution in [1.82, 2.24) is 24.5 Å². The van der Waals surface area contributed by atoms with Gasteiger partial charge in [0.15, 0.2) is 0 Å². The number of amides is 1. The van der Waals surface area contributed by atoms with Gasteiger partial charge in [-0.15, -0.1) is 5.10 Å². The largest absolute Gasteiger partial charge is 0.436 e. The van der Waals surface area contributed by atoms with Crippen LogP contribution in [-0.2, 0) is 16.1 Å². The van der Waals surface area contributed by atoms with E-state index in [0.29, 0.717) is 29.2 Å². The van der Waals surface area contributed by atoms with Crippen molar-refractivity contribution in [2.45, 2.75) is 45.3 Å². The maximum atomic E-state index is 13.2. The van der Waals surface area contributed by atoms with Crippen molar-refractivity contribution in [3.05, 3.63) is 64.6 Å². The summed E-state index contributed by atoms with van der Waals surface area (Å²) in [6.45, 7) is 5.19. The summed E-state index contributed by atoms with van der Waals surface area (Å²) in [5, 5.41) is 7.24. The number of para-hydroxylation sites is 2. The van der Waals surface area contributed by atoms with Gasteiger partial charge in [-0.2, -0.15) is 0 Å². The molecule has 3 heterocycles. The molecule has 5 rings (SSSR count). The maximum Gasteiger partial charge on any atom is 0.351 e. The third-order valence-corrected chi connectivity index (χ3v) is 5.98. The van der Waals surface area contributed by atoms with Crippen LogP contribution in [0, 0.1) is 0 Å². The monoisotopic (exact) mass is 461 g/mol. The smallest absolute Gasteiger partial charge is 0.351 e. The minimum absolute atomic E-state index is 0.0250. The van der Waals surface area contributed by atoms with Crippen LogP contribution in [0.4, 0.5) is 0 Å². The Balaban J connectivity index is 1.48. The van der Waals surface area contributed by atoms with E-state index >= 15 is 0 Å². The predicted octanol–water partition coefficient (Wildman–Crippen LogP) is 3.26. The van der Waals surface area contributed by atoms with E-state index in [1.54, 1.807) is 6.07 Å². The Morgan fingerprint density at radius 3 is 2.74 bits per heavy atom. The molecule has 1 saturated heterocycles. The van der Waals surface area contributed by atoms with E-state index in [-0.39, 0.29) is 30.1 Å². The van der Waals surface area contributed by atoms with Crippen LogP contribution in [0.2, 0.25) is 0 Å². The van der Waals surface area contributed by atoms with E-state index in [2.05, 4.69) is 29.2 Å². The van der Waals surface area contributed by atoms with Crippen molar-refractivity contribution >= 4 is 22.6 Å². The molecular formula is C25H27N5O4. The number of fused-ring (bicyclic) bond motifs is 3. The lowest BCUT2D eigenvalue weighted by atomic mass is 10.0. The highest BCUT2D eigenvalue weighted by Crippen LogP contribution is 2.27. The second-order valence-corrected chi connectivity index (χ2v) is 8.77. The normalized spacial score (nSPS) is 15.9. The molecule has 4 aromatic rings. The van der Waals surface area contributed by atoms with E-state index in [4.69, 9.17) is 9.47 Å². The van der Waals surface area contributed by atoms with Crippen molar-refractivity contribution in [2.75, 3.05) is 13.2 Å². The number of carbonyl (C=O) groups excluding carboxylic acids is 1. The van der Waals surface area contributed by atoms with Crippen LogP contribution in [0.25, 0.3) is 16.7 Å². The molecule has 1 aliphatic rings. The molecule has 0 unspecified atom stereocenters. The molecule has 176 valence electrons. The van der Waals surface area contributed by atoms with Crippen LogP contribution in [0.5, 0.6) is 11.6 Å². The number of ether oxygens (including phenoxy) is 2. The van der Waals surface area contributed by atoms with Gasteiger partial charge in [0.1, 0.15) is 12.3 Å². The highest BCUT2D eigenvalue weighted by atomic mass is 16.5. The molecule has 0 spiro atoms. The van der Waals surface area contributed by atoms with Crippen LogP contribution in [-0.4, -0.2) is 44.3 Å². The summed E-state index contributed by atoms with van der Waals surface area (Å²) >= 11 is 0. The first kappa shape index (κ1) is 22.1. The minimum Gasteiger partial charge on any atom is -0.436 e. The average Bonchev–Trinajstić information content (AvgIpc) is 3.47. The number of hydrogen-bond acceptors (Lipinski definition) is 6. The number of nitrogens with zero attached hydrogens (tertiary/aromatic N) is 4. The van der Waals surface area contributed by atoms with Gasteiger partial charge in [0, 0.05) is 13.2 Å². The molecule has 1 fully saturated rings. The number of hydrogen-bond donors (Lipinski definition) is 1. The van der Waals surface area contributed by atoms with E-state index in [9.17, 15) is 9.59 Å². The van der Waals surface area contributed by atoms with Crippen LogP contribution in [0.1, 0.15) is 38.2 Å². The summed E-state index contributed by atoms with van der Waals surface area (Å²) in [6, 6.07) is 15.0. The van der Waals surface area contributed by atoms with Gasteiger partial charge >= 0.3 is 5.69 Å². The third kappa shape index (κ3) is 4.38. The zero-order chi connectivity index (χ0) is 23.7. The van der Waals surface area contributed by atoms with Crippen LogP contribution >= 0.6 is 0 Å². The molecule has 0 aliphatic carbocycles. The molecule has 2 aromatic heterocycles. The average molecular weight is 462 g/mol. The zero-order valence-corrected chi connectivity index (χ0v) is 19.2. The summed E-state index contributed by atoms with van der Waals surface area (Å²) in [6.07, 6.45) is 1.94. The molecule has 0 saturated carbocycles. The van der Waals surface area contributed by atoms with Gasteiger partial charge in [0.25, 0.3) is 5.88 Å². The Labute approximate surface area is 196 Å². The van der Waals surface area contributed by atoms with E-state index in [1.807, 2.05) is 42.5 Å². The van der Waals surface area contributed by atoms with Gasteiger partial charge in [-0.05, 0) is 48.6 Å². The molecule has 0 radical (unpaired) electrons. The first-order chi connectivity index (χ1) is 16.5. The molecule has 1 aliphatic heterocycles. The lowest BCUT2D eigenvalue weighted by Gasteiger charge is -2.10. The second-order valence-electron chi connectivity index (χ2n) is 8.77. The Bertz CT molecular complexity index is 1380. The van der Waals surface area contributed by atoms with Crippen LogP contribution in [0.15, 0.2) is 53.3 Å². The van der Waals surface area contributed by atoms with Gasteiger partial charge < -0.3 is 14.8 Å². The molecule has 34 heavy (non-hydrogen) atoms. The van der Waals surface area contributed by atoms with E-state index < -0.39 is 5.69 Å². The Hall–Kier alpha value is -3.72. The van der Waals surface area contributed by atoms with Crippen molar-refractivity contribution in [2.24, 2.45) is 0 Å². The molecule has 1 N–H and O–H groups in total. The van der Waals surface area contributed by atoms with Crippen molar-refractivity contribution < 1.29 is 14.3 Å². The summed E-state index contributed by atoms with van der Waals surface area (Å²) in [5.41, 5.74) is 2.20. The molecule has 2 aromatic carbocycles. The molecule has 9 nitrogen and oxygen atoms in total. The topological polar surface area (TPSA) is 99.8 Å². The number of aromatic nitrogens is 4. The SMILES string of the molecule is CC(C)c1ccc(Oc2nc3ccccc3n3c(=O)n(CC(=O)NC[C@H]4CCCO4)nc23)cc1. The Morgan fingerprint density at radius 2 is 2.00 bits per heavy atom. The Kier molecular flexibility index (Phi) is 6.02. The van der Waals surface area contributed by atoms with Crippen molar-refractivity contribution in [3.63, 3.8) is 0 Å². The fourth-order valence-corrected chi connectivity index (χ4v) is 4.10. The van der Waals surface area contributed by atoms with Gasteiger partial charge in [0.2, 0.25) is 11.6 Å². The van der Waals surface area contributed by atoms with Crippen LogP contribution in [0.3, 0.4) is 0 Å². The third-order valence-electron chi connectivity index (χ3n) is 5.98. The zero-order valence-electron chi connectivity index (χ0n) is 19.2. The number of carbonyl (C=O) groups is 1. The first-order valence-electron chi connectivity index (χ1n) is 11.5. The highest BCUT2D eigenvalue weighted by Gasteiger charge is 2.20. The quantitative estimate of drug-likeness (QED) is 0.454. The van der Waals surface area contributed by atoms with Crippen molar-refractivity contribution in [3.8, 4) is 11.6 Å². The lowest BCUT2D eigenvalue weighted by Crippen LogP contribution is -2.36. The summed E-state index contributed by atoms with van der Waals surface area (Å²) in [5.74, 6) is 0.891. The first-order valence-corrected chi connectivity index (χ1v) is 11.5. The van der Waals surface area contributed by atoms with Crippen LogP contribution < -0.4 is 15.7 Å². The van der Waals surface area contributed by atoms with Gasteiger partial charge in [-0.25, -0.2) is 18.9 Å². The lowest BCUT2D eigenvalue weighted by molar-refractivity contribution is -0.122. The van der Waals surface area contributed by atoms with E-state index in [1.165, 1.54) is 9.96 Å². The summed E-state index contributed by atoms with van der Waals surface area (Å²) in [4.78, 5) is 30.3. The standard InChI is InChI=1S/C25H27N5O4/c1-16(2)17-9-11-18(12-10-17)34-24-23-28-29(15-22(31)26-14-19-6-5-13-33-19)25(32)30(23)21-8-4-3-7-20(21)27-24/h3-4,7-12,16,19H,5-6,13-15H2,1-2H3,(H,26,31)/t19-/m1/s1. The highest BCUT2D eigenvalue weighted by molar-refractivity contribution is 5.80. The molecule has 9 heteroatoms. The van der Waals surface area contributed by atoms with Gasteiger partial charge in [-0.1, -0.05) is 38.1 Å². The molecule has 0 bridgehead atoms. The molecular weight excluding hydrogens is 434 g/mol. The Morgan fingerprint density at radius 1 is 1.21 bits per heavy atom. The summed E-state index contributed by atoms with van der Waals surface area (Å²) < 4.78 is 14.2. The van der Waals surface area contributed by atoms with E-state index in [0.717, 1.165) is 24.1 Å². The van der Waals surface area contributed by atoms with Crippen molar-refractivity contribution in [1.29, 1.82) is 0 Å². The second kappa shape index (κ2) is 9.26. The number of benzene rings is 2. The number of nitrogens with one attached hydrogen (secondary N) is 1. The molecule has 1 atom stereocenters. The summed E-state index contributed by atoms with van der Waals surface area (Å²) in [7, 11) is 0. The van der Waals surface area contributed by atoms with Gasteiger partial charge in [0.05, 0.1) is 17.1 Å². The fourth-order valence-electron chi connectivity index (χ4n) is 4.10. The predicted molar refractivity (Wildman–Crippen MR) is 127 cm³/mol.